The molecule has 0 spiro atoms. The van der Waals surface area contributed by atoms with Crippen LogP contribution in [0, 0.1) is 0 Å². The first-order valence-corrected chi connectivity index (χ1v) is 6.56. The van der Waals surface area contributed by atoms with E-state index in [4.69, 9.17) is 5.11 Å². The molecule has 0 saturated carbocycles. The standard InChI is InChI=1S/C13H4F14O2/c14-8(10(16,17)18,11(19,20)21)4-1-2-5(7(28)29)6(3-4)9(15,12(22,23)24)13(25,26)27/h1-3H,(H,28,29). The summed E-state index contributed by atoms with van der Waals surface area (Å²) in [4.78, 5) is 10.8. The Kier molecular flexibility index (Phi) is 5.65. The Hall–Kier alpha value is -2.29. The highest BCUT2D eigenvalue weighted by molar-refractivity contribution is 5.90. The van der Waals surface area contributed by atoms with E-state index in [2.05, 4.69) is 0 Å². The molecule has 0 aliphatic heterocycles. The van der Waals surface area contributed by atoms with Gasteiger partial charge >= 0.3 is 42.0 Å². The SMILES string of the molecule is O=C(O)c1ccc(C(F)(C(F)(F)F)C(F)(F)F)cc1C(F)(C(F)(F)F)C(F)(F)F. The number of rotatable bonds is 3. The zero-order valence-electron chi connectivity index (χ0n) is 12.9. The third-order valence-electron chi connectivity index (χ3n) is 3.58. The molecule has 0 radical (unpaired) electrons. The first kappa shape index (κ1) is 24.7. The third-order valence-corrected chi connectivity index (χ3v) is 3.58. The lowest BCUT2D eigenvalue weighted by atomic mass is 9.84. The fourth-order valence-electron chi connectivity index (χ4n) is 2.18. The molecule has 1 N–H and O–H groups in total. The minimum Gasteiger partial charge on any atom is -0.478 e. The molecule has 0 aliphatic carbocycles. The third kappa shape index (κ3) is 3.68. The summed E-state index contributed by atoms with van der Waals surface area (Å²) in [5.41, 5.74) is -21.7. The van der Waals surface area contributed by atoms with Crippen molar-refractivity contribution in [3.63, 3.8) is 0 Å². The highest BCUT2D eigenvalue weighted by atomic mass is 19.4. The molecule has 0 aliphatic rings. The predicted molar refractivity (Wildman–Crippen MR) is 63.2 cm³/mol. The molecule has 1 rings (SSSR count). The van der Waals surface area contributed by atoms with Crippen LogP contribution in [0.25, 0.3) is 0 Å². The molecule has 0 heterocycles. The molecule has 0 fully saturated rings. The molecule has 0 unspecified atom stereocenters. The lowest BCUT2D eigenvalue weighted by Gasteiger charge is -2.34. The van der Waals surface area contributed by atoms with Crippen molar-refractivity contribution in [2.45, 2.75) is 36.0 Å². The fraction of sp³-hybridized carbons (Fsp3) is 0.462. The molecule has 1 aromatic carbocycles. The Morgan fingerprint density at radius 3 is 1.24 bits per heavy atom. The highest BCUT2D eigenvalue weighted by Gasteiger charge is 2.76. The maximum atomic E-state index is 14.1. The summed E-state index contributed by atoms with van der Waals surface area (Å²) < 4.78 is 181. The number of alkyl halides is 14. The van der Waals surface area contributed by atoms with Crippen molar-refractivity contribution in [2.24, 2.45) is 0 Å². The number of halogens is 14. The van der Waals surface area contributed by atoms with Crippen LogP contribution in [0.1, 0.15) is 21.5 Å². The summed E-state index contributed by atoms with van der Waals surface area (Å²) >= 11 is 0. The van der Waals surface area contributed by atoms with Gasteiger partial charge in [0.05, 0.1) is 5.56 Å². The van der Waals surface area contributed by atoms with Gasteiger partial charge < -0.3 is 5.11 Å². The summed E-state index contributed by atoms with van der Waals surface area (Å²) in [6.45, 7) is 0. The smallest absolute Gasteiger partial charge is 0.435 e. The molecular formula is C13H4F14O2. The van der Waals surface area contributed by atoms with Gasteiger partial charge in [-0.1, -0.05) is 6.07 Å². The Bertz CT molecular complexity index is 755. The van der Waals surface area contributed by atoms with E-state index in [-0.39, 0.29) is 0 Å². The second-order valence-corrected chi connectivity index (χ2v) is 5.37. The van der Waals surface area contributed by atoms with E-state index in [0.29, 0.717) is 0 Å². The van der Waals surface area contributed by atoms with E-state index in [1.165, 1.54) is 0 Å². The Balaban J connectivity index is 4.12. The van der Waals surface area contributed by atoms with Crippen LogP contribution in [0.2, 0.25) is 0 Å². The van der Waals surface area contributed by atoms with E-state index < -0.39 is 76.9 Å². The molecule has 16 heteroatoms. The van der Waals surface area contributed by atoms with Gasteiger partial charge in [-0.25, -0.2) is 13.6 Å². The number of aromatic carboxylic acids is 1. The number of carboxylic acids is 1. The van der Waals surface area contributed by atoms with E-state index >= 15 is 0 Å². The van der Waals surface area contributed by atoms with Crippen molar-refractivity contribution in [1.29, 1.82) is 0 Å². The number of hydrogen-bond donors (Lipinski definition) is 1. The Morgan fingerprint density at radius 1 is 0.621 bits per heavy atom. The van der Waals surface area contributed by atoms with Crippen molar-refractivity contribution < 1.29 is 71.4 Å². The Morgan fingerprint density at radius 2 is 0.966 bits per heavy atom. The maximum absolute atomic E-state index is 14.1. The average Bonchev–Trinajstić information content (AvgIpc) is 2.48. The normalized spacial score (nSPS) is 14.8. The first-order chi connectivity index (χ1) is 12.5. The van der Waals surface area contributed by atoms with Crippen molar-refractivity contribution in [1.82, 2.24) is 0 Å². The molecule has 2 nitrogen and oxygen atoms in total. The van der Waals surface area contributed by atoms with Crippen molar-refractivity contribution in [3.8, 4) is 0 Å². The number of benzene rings is 1. The van der Waals surface area contributed by atoms with E-state index in [9.17, 15) is 66.3 Å². The van der Waals surface area contributed by atoms with Gasteiger partial charge in [-0.2, -0.15) is 52.7 Å². The molecule has 0 atom stereocenters. The summed E-state index contributed by atoms with van der Waals surface area (Å²) in [5, 5.41) is 8.63. The van der Waals surface area contributed by atoms with Gasteiger partial charge in [-0.15, -0.1) is 0 Å². The number of carboxylic acid groups (broad SMARTS) is 1. The number of carbonyl (C=O) groups is 1. The molecule has 0 amide bonds. The quantitative estimate of drug-likeness (QED) is 0.568. The van der Waals surface area contributed by atoms with Crippen LogP contribution in [0.3, 0.4) is 0 Å². The van der Waals surface area contributed by atoms with Crippen LogP contribution in [0.4, 0.5) is 61.5 Å². The minimum absolute atomic E-state index is 0.634. The molecule has 1 aromatic rings. The summed E-state index contributed by atoms with van der Waals surface area (Å²) in [6, 6.07) is -2.71. The van der Waals surface area contributed by atoms with Crippen LogP contribution in [0.5, 0.6) is 0 Å². The van der Waals surface area contributed by atoms with Gasteiger partial charge in [0.25, 0.3) is 0 Å². The molecule has 0 bridgehead atoms. The van der Waals surface area contributed by atoms with Crippen LogP contribution < -0.4 is 0 Å². The molecular weight excluding hydrogens is 454 g/mol. The topological polar surface area (TPSA) is 37.3 Å². The van der Waals surface area contributed by atoms with Gasteiger partial charge in [0.15, 0.2) is 0 Å². The Labute approximate surface area is 149 Å². The molecule has 0 saturated heterocycles. The van der Waals surface area contributed by atoms with Crippen LogP contribution in [-0.2, 0) is 11.3 Å². The summed E-state index contributed by atoms with van der Waals surface area (Å²) in [5.74, 6) is -2.77. The average molecular weight is 458 g/mol. The van der Waals surface area contributed by atoms with Crippen LogP contribution >= 0.6 is 0 Å². The molecule has 166 valence electrons. The second-order valence-electron chi connectivity index (χ2n) is 5.37. The van der Waals surface area contributed by atoms with E-state index in [0.717, 1.165) is 0 Å². The first-order valence-electron chi connectivity index (χ1n) is 6.56. The maximum Gasteiger partial charge on any atom is 0.435 e. The molecule has 29 heavy (non-hydrogen) atoms. The van der Waals surface area contributed by atoms with Gasteiger partial charge in [-0.3, -0.25) is 0 Å². The number of hydrogen-bond acceptors (Lipinski definition) is 1. The molecule has 0 aromatic heterocycles. The fourth-order valence-corrected chi connectivity index (χ4v) is 2.18. The van der Waals surface area contributed by atoms with Gasteiger partial charge in [0.2, 0.25) is 0 Å². The second kappa shape index (κ2) is 6.62. The lowest BCUT2D eigenvalue weighted by molar-refractivity contribution is -0.350. The van der Waals surface area contributed by atoms with Crippen molar-refractivity contribution in [3.05, 3.63) is 34.9 Å². The zero-order valence-corrected chi connectivity index (χ0v) is 12.9. The monoisotopic (exact) mass is 458 g/mol. The summed E-state index contributed by atoms with van der Waals surface area (Å²) in [7, 11) is 0. The van der Waals surface area contributed by atoms with Crippen molar-refractivity contribution >= 4 is 5.97 Å². The predicted octanol–water partition coefficient (Wildman–Crippen LogP) is 5.96. The van der Waals surface area contributed by atoms with Crippen LogP contribution in [-0.4, -0.2) is 35.8 Å². The largest absolute Gasteiger partial charge is 0.478 e. The highest BCUT2D eigenvalue weighted by Crippen LogP contribution is 2.57. The zero-order chi connectivity index (χ0) is 23.4. The van der Waals surface area contributed by atoms with E-state index in [1.54, 1.807) is 0 Å². The van der Waals surface area contributed by atoms with Crippen LogP contribution in [0.15, 0.2) is 18.2 Å². The van der Waals surface area contributed by atoms with Gasteiger partial charge in [0.1, 0.15) is 0 Å². The van der Waals surface area contributed by atoms with Crippen molar-refractivity contribution in [2.75, 3.05) is 0 Å². The lowest BCUT2D eigenvalue weighted by Crippen LogP contribution is -2.53. The van der Waals surface area contributed by atoms with E-state index in [1.807, 2.05) is 0 Å². The van der Waals surface area contributed by atoms with Gasteiger partial charge in [-0.05, 0) is 12.1 Å². The minimum atomic E-state index is -7.09. The summed E-state index contributed by atoms with van der Waals surface area (Å²) in [6.07, 6.45) is -28.1. The van der Waals surface area contributed by atoms with Gasteiger partial charge in [0, 0.05) is 11.1 Å².